The summed E-state index contributed by atoms with van der Waals surface area (Å²) >= 11 is 0. The Balaban J connectivity index is 1.38. The lowest BCUT2D eigenvalue weighted by atomic mass is 9.96. The first kappa shape index (κ1) is 25.6. The van der Waals surface area contributed by atoms with Gasteiger partial charge in [0.25, 0.3) is 5.91 Å². The van der Waals surface area contributed by atoms with Crippen molar-refractivity contribution < 1.29 is 23.9 Å². The van der Waals surface area contributed by atoms with Gasteiger partial charge in [0, 0.05) is 57.6 Å². The number of rotatable bonds is 9. The van der Waals surface area contributed by atoms with Crippen molar-refractivity contribution in [1.29, 1.82) is 0 Å². The number of piperazine rings is 1. The number of likely N-dealkylation sites (tertiary alicyclic amines) is 1. The molecule has 0 aliphatic carbocycles. The Morgan fingerprint density at radius 1 is 1.14 bits per heavy atom. The van der Waals surface area contributed by atoms with Crippen LogP contribution in [-0.4, -0.2) is 105 Å². The fraction of sp³-hybridized carbons (Fsp3) is 0.654. The highest BCUT2D eigenvalue weighted by Gasteiger charge is 2.48. The minimum atomic E-state index is -0.681. The third-order valence-corrected chi connectivity index (χ3v) is 7.64. The smallest absolute Gasteiger partial charge is 0.251 e. The highest BCUT2D eigenvalue weighted by Crippen LogP contribution is 2.28. The zero-order valence-corrected chi connectivity index (χ0v) is 21.1. The lowest BCUT2D eigenvalue weighted by Gasteiger charge is -2.36. The van der Waals surface area contributed by atoms with E-state index in [1.54, 1.807) is 12.0 Å². The molecule has 35 heavy (non-hydrogen) atoms. The number of amides is 2. The number of ketones is 1. The molecule has 2 amide bonds. The van der Waals surface area contributed by atoms with Gasteiger partial charge in [-0.25, -0.2) is 0 Å². The van der Waals surface area contributed by atoms with Crippen LogP contribution in [0.5, 0.6) is 0 Å². The maximum absolute atomic E-state index is 13.4. The van der Waals surface area contributed by atoms with Gasteiger partial charge in [-0.15, -0.1) is 0 Å². The van der Waals surface area contributed by atoms with Gasteiger partial charge < -0.3 is 24.6 Å². The molecule has 3 aliphatic heterocycles. The summed E-state index contributed by atoms with van der Waals surface area (Å²) in [5.41, 5.74) is 1.61. The average molecular weight is 487 g/mol. The van der Waals surface area contributed by atoms with Crippen LogP contribution >= 0.6 is 0 Å². The predicted molar refractivity (Wildman–Crippen MR) is 133 cm³/mol. The topological polar surface area (TPSA) is 91.4 Å². The molecule has 1 unspecified atom stereocenters. The van der Waals surface area contributed by atoms with Gasteiger partial charge in [0.15, 0.2) is 5.78 Å². The van der Waals surface area contributed by atoms with Crippen LogP contribution in [0.4, 0.5) is 5.69 Å². The Hall–Kier alpha value is -2.49. The van der Waals surface area contributed by atoms with Crippen LogP contribution in [0.3, 0.4) is 0 Å². The van der Waals surface area contributed by atoms with E-state index < -0.39 is 12.1 Å². The molecule has 3 heterocycles. The molecular formula is C26H38N4O5. The highest BCUT2D eigenvalue weighted by molar-refractivity contribution is 5.99. The summed E-state index contributed by atoms with van der Waals surface area (Å²) in [5.74, 6) is -0.576. The third kappa shape index (κ3) is 5.68. The van der Waals surface area contributed by atoms with Gasteiger partial charge in [-0.1, -0.05) is 20.3 Å². The summed E-state index contributed by atoms with van der Waals surface area (Å²) in [6, 6.07) is 6.39. The van der Waals surface area contributed by atoms with Crippen molar-refractivity contribution in [3.05, 3.63) is 29.8 Å². The van der Waals surface area contributed by atoms with Gasteiger partial charge in [-0.2, -0.15) is 0 Å². The molecule has 4 rings (SSSR count). The van der Waals surface area contributed by atoms with E-state index in [1.165, 1.54) is 0 Å². The Labute approximate surface area is 207 Å². The Bertz CT molecular complexity index is 900. The molecule has 9 nitrogen and oxygen atoms in total. The van der Waals surface area contributed by atoms with Gasteiger partial charge in [0.1, 0.15) is 18.7 Å². The fourth-order valence-electron chi connectivity index (χ4n) is 5.20. The zero-order chi connectivity index (χ0) is 24.9. The van der Waals surface area contributed by atoms with Crippen molar-refractivity contribution in [2.24, 2.45) is 5.92 Å². The van der Waals surface area contributed by atoms with Crippen molar-refractivity contribution in [1.82, 2.24) is 15.1 Å². The number of anilines is 1. The monoisotopic (exact) mass is 486 g/mol. The van der Waals surface area contributed by atoms with E-state index in [1.807, 2.05) is 38.1 Å². The van der Waals surface area contributed by atoms with E-state index in [0.717, 1.165) is 51.4 Å². The van der Waals surface area contributed by atoms with Crippen molar-refractivity contribution in [2.75, 3.05) is 64.5 Å². The second-order valence-corrected chi connectivity index (χ2v) is 9.79. The van der Waals surface area contributed by atoms with Gasteiger partial charge in [0.05, 0.1) is 12.7 Å². The number of Topliss-reactive ketones (excluding diaryl/α,β-unsaturated/α-hetero) is 1. The van der Waals surface area contributed by atoms with E-state index in [2.05, 4.69) is 15.1 Å². The van der Waals surface area contributed by atoms with E-state index in [9.17, 15) is 14.4 Å². The van der Waals surface area contributed by atoms with E-state index >= 15 is 0 Å². The van der Waals surface area contributed by atoms with E-state index in [-0.39, 0.29) is 36.2 Å². The molecule has 3 saturated heterocycles. The number of carbonyl (C=O) groups is 3. The molecule has 192 valence electrons. The number of hydrogen-bond acceptors (Lipinski definition) is 7. The number of nitrogens with zero attached hydrogens (tertiary/aromatic N) is 3. The van der Waals surface area contributed by atoms with Gasteiger partial charge >= 0.3 is 0 Å². The van der Waals surface area contributed by atoms with Gasteiger partial charge in [-0.05, 0) is 36.6 Å². The van der Waals surface area contributed by atoms with Crippen LogP contribution in [0, 0.1) is 5.92 Å². The molecule has 0 aromatic heterocycles. The average Bonchev–Trinajstić information content (AvgIpc) is 3.48. The molecule has 3 aliphatic rings. The highest BCUT2D eigenvalue weighted by atomic mass is 16.5. The number of hydrogen-bond donors (Lipinski definition) is 1. The lowest BCUT2D eigenvalue weighted by molar-refractivity contribution is -0.139. The molecule has 1 aromatic rings. The minimum Gasteiger partial charge on any atom is -0.383 e. The van der Waals surface area contributed by atoms with Crippen molar-refractivity contribution in [3.63, 3.8) is 0 Å². The van der Waals surface area contributed by atoms with Crippen LogP contribution in [0.1, 0.15) is 37.0 Å². The van der Waals surface area contributed by atoms with Crippen molar-refractivity contribution in [2.45, 2.75) is 44.9 Å². The molecule has 0 spiro atoms. The first-order valence-electron chi connectivity index (χ1n) is 12.7. The third-order valence-electron chi connectivity index (χ3n) is 7.64. The Kier molecular flexibility index (Phi) is 8.41. The molecule has 4 atom stereocenters. The number of benzene rings is 1. The first-order chi connectivity index (χ1) is 16.9. The summed E-state index contributed by atoms with van der Waals surface area (Å²) in [6.45, 7) is 10.0. The quantitative estimate of drug-likeness (QED) is 0.560. The standard InChI is InChI=1S/C26H38N4O5/c1-4-18(2)23(26(33)30-10-9-22-24(30)21(31)17-35-22)27-25(32)19-5-7-20(8-6-19)29-13-11-28(12-14-29)15-16-34-3/h5-8,18,22-24H,4,9-17H2,1-3H3,(H,27,32)/t18?,22-,23+,24-/m1/s1. The van der Waals surface area contributed by atoms with Gasteiger partial charge in [0.2, 0.25) is 5.91 Å². The maximum atomic E-state index is 13.4. The van der Waals surface area contributed by atoms with Crippen molar-refractivity contribution >= 4 is 23.3 Å². The number of carbonyl (C=O) groups excluding carboxylic acids is 3. The summed E-state index contributed by atoms with van der Waals surface area (Å²) in [7, 11) is 1.72. The lowest BCUT2D eigenvalue weighted by Crippen LogP contribution is -2.54. The molecule has 0 saturated carbocycles. The summed E-state index contributed by atoms with van der Waals surface area (Å²) in [5, 5.41) is 2.97. The molecule has 9 heteroatoms. The summed E-state index contributed by atoms with van der Waals surface area (Å²) in [6.07, 6.45) is 1.18. The van der Waals surface area contributed by atoms with Gasteiger partial charge in [-0.3, -0.25) is 19.3 Å². The number of nitrogens with one attached hydrogen (secondary N) is 1. The van der Waals surface area contributed by atoms with Crippen LogP contribution in [0.25, 0.3) is 0 Å². The minimum absolute atomic E-state index is 0.0507. The molecule has 1 N–H and O–H groups in total. The zero-order valence-electron chi connectivity index (χ0n) is 21.1. The van der Waals surface area contributed by atoms with Crippen LogP contribution < -0.4 is 10.2 Å². The molecule has 0 bridgehead atoms. The van der Waals surface area contributed by atoms with Crippen LogP contribution in [0.15, 0.2) is 24.3 Å². The second-order valence-electron chi connectivity index (χ2n) is 9.79. The first-order valence-corrected chi connectivity index (χ1v) is 12.7. The molecule has 1 aromatic carbocycles. The SMILES string of the molecule is CCC(C)[C@H](NC(=O)c1ccc(N2CCN(CCOC)CC2)cc1)C(=O)N1CC[C@H]2OCC(=O)[C@H]21. The predicted octanol–water partition coefficient (Wildman–Crippen LogP) is 1.17. The molecule has 3 fully saturated rings. The van der Waals surface area contributed by atoms with Crippen molar-refractivity contribution in [3.8, 4) is 0 Å². The second kappa shape index (κ2) is 11.5. The number of fused-ring (bicyclic) bond motifs is 1. The Morgan fingerprint density at radius 2 is 1.86 bits per heavy atom. The van der Waals surface area contributed by atoms with Crippen LogP contribution in [-0.2, 0) is 19.1 Å². The molecule has 0 radical (unpaired) electrons. The normalized spacial score (nSPS) is 24.4. The van der Waals surface area contributed by atoms with E-state index in [4.69, 9.17) is 9.47 Å². The van der Waals surface area contributed by atoms with Crippen LogP contribution in [0.2, 0.25) is 0 Å². The summed E-state index contributed by atoms with van der Waals surface area (Å²) < 4.78 is 10.7. The summed E-state index contributed by atoms with van der Waals surface area (Å²) in [4.78, 5) is 45.2. The largest absolute Gasteiger partial charge is 0.383 e. The fourth-order valence-corrected chi connectivity index (χ4v) is 5.20. The Morgan fingerprint density at radius 3 is 2.51 bits per heavy atom. The number of ether oxygens (including phenoxy) is 2. The number of methoxy groups -OCH3 is 1. The maximum Gasteiger partial charge on any atom is 0.251 e. The molecular weight excluding hydrogens is 448 g/mol. The van der Waals surface area contributed by atoms with E-state index in [0.29, 0.717) is 18.5 Å².